The molecule has 2 aromatic heterocycles. The molecule has 46 heavy (non-hydrogen) atoms. The Balaban J connectivity index is 1.24. The Hall–Kier alpha value is -3.78. The van der Waals surface area contributed by atoms with Gasteiger partial charge in [-0.05, 0) is 56.9 Å². The van der Waals surface area contributed by atoms with Crippen molar-refractivity contribution in [1.29, 1.82) is 0 Å². The first-order chi connectivity index (χ1) is 21.5. The minimum atomic E-state index is -3.35. The minimum Gasteiger partial charge on any atom is -0.444 e. The summed E-state index contributed by atoms with van der Waals surface area (Å²) in [7, 11) is -1.60. The van der Waals surface area contributed by atoms with Gasteiger partial charge < -0.3 is 15.2 Å². The Bertz CT molecular complexity index is 1920. The van der Waals surface area contributed by atoms with Gasteiger partial charge >= 0.3 is 6.09 Å². The molecule has 1 saturated heterocycles. The summed E-state index contributed by atoms with van der Waals surface area (Å²) < 4.78 is 32.0. The van der Waals surface area contributed by atoms with Gasteiger partial charge in [-0.15, -0.1) is 0 Å². The Morgan fingerprint density at radius 2 is 1.78 bits per heavy atom. The number of piperidine rings is 1. The maximum atomic E-state index is 13.5. The lowest BCUT2D eigenvalue weighted by atomic mass is 9.91. The van der Waals surface area contributed by atoms with Crippen molar-refractivity contribution in [3.8, 4) is 11.3 Å². The van der Waals surface area contributed by atoms with Crippen LogP contribution in [0.15, 0.2) is 58.5 Å². The zero-order valence-corrected chi connectivity index (χ0v) is 28.2. The molecule has 0 spiro atoms. The van der Waals surface area contributed by atoms with Crippen molar-refractivity contribution in [2.24, 2.45) is 7.05 Å². The molecule has 1 amide bonds. The first kappa shape index (κ1) is 33.6. The average molecular weight is 671 g/mol. The van der Waals surface area contributed by atoms with E-state index in [1.54, 1.807) is 44.6 Å². The number of carbonyl (C=O) groups excluding carboxylic acids is 1. The number of benzene rings is 2. The lowest BCUT2D eigenvalue weighted by Gasteiger charge is -2.38. The third-order valence-corrected chi connectivity index (χ3v) is 9.44. The topological polar surface area (TPSA) is 149 Å². The molecular weight excluding hydrogens is 632 g/mol. The minimum absolute atomic E-state index is 0.0810. The van der Waals surface area contributed by atoms with Gasteiger partial charge in [-0.3, -0.25) is 18.9 Å². The number of aromatic nitrogens is 4. The second kappa shape index (κ2) is 12.8. The van der Waals surface area contributed by atoms with Gasteiger partial charge in [0, 0.05) is 50.1 Å². The van der Waals surface area contributed by atoms with E-state index >= 15 is 0 Å². The summed E-state index contributed by atoms with van der Waals surface area (Å²) in [6, 6.07) is 12.3. The van der Waals surface area contributed by atoms with E-state index in [0.717, 1.165) is 22.9 Å². The maximum Gasteiger partial charge on any atom is 0.407 e. The van der Waals surface area contributed by atoms with Crippen LogP contribution in [0.2, 0.25) is 5.02 Å². The van der Waals surface area contributed by atoms with Crippen LogP contribution >= 0.6 is 11.6 Å². The molecule has 0 atom stereocenters. The highest BCUT2D eigenvalue weighted by molar-refractivity contribution is 7.90. The van der Waals surface area contributed by atoms with Gasteiger partial charge in [0.05, 0.1) is 29.1 Å². The number of fused-ring (bicyclic) bond motifs is 1. The summed E-state index contributed by atoms with van der Waals surface area (Å²) in [4.78, 5) is 32.4. The fourth-order valence-corrected chi connectivity index (χ4v) is 6.48. The number of rotatable bonds is 8. The first-order valence-corrected chi connectivity index (χ1v) is 17.2. The van der Waals surface area contributed by atoms with Crippen LogP contribution < -0.4 is 10.9 Å². The fraction of sp³-hybridized carbons (Fsp3) is 0.438. The molecular formula is C32H39ClN6O6S. The summed E-state index contributed by atoms with van der Waals surface area (Å²) >= 11 is 6.37. The van der Waals surface area contributed by atoms with Crippen LogP contribution in [0.5, 0.6) is 0 Å². The van der Waals surface area contributed by atoms with Gasteiger partial charge in [0.25, 0.3) is 5.56 Å². The zero-order chi connectivity index (χ0) is 33.4. The summed E-state index contributed by atoms with van der Waals surface area (Å²) in [5.74, 6) is 0. The number of hydrogen-bond donors (Lipinski definition) is 2. The summed E-state index contributed by atoms with van der Waals surface area (Å²) in [5.41, 5.74) is 1.83. The van der Waals surface area contributed by atoms with Gasteiger partial charge in [-0.1, -0.05) is 41.9 Å². The molecule has 12 nitrogen and oxygen atoms in total. The van der Waals surface area contributed by atoms with E-state index in [2.05, 4.69) is 20.3 Å². The normalized spacial score (nSPS) is 15.6. The van der Waals surface area contributed by atoms with Crippen LogP contribution in [0.1, 0.15) is 44.7 Å². The summed E-state index contributed by atoms with van der Waals surface area (Å²) in [6.45, 7) is 7.46. The van der Waals surface area contributed by atoms with Gasteiger partial charge in [-0.25, -0.2) is 18.2 Å². The number of amides is 1. The maximum absolute atomic E-state index is 13.5. The molecule has 5 rings (SSSR count). The van der Waals surface area contributed by atoms with Crippen molar-refractivity contribution in [2.75, 3.05) is 19.3 Å². The van der Waals surface area contributed by atoms with Crippen LogP contribution in [0.3, 0.4) is 0 Å². The van der Waals surface area contributed by atoms with Crippen LogP contribution in [0.25, 0.3) is 22.3 Å². The zero-order valence-electron chi connectivity index (χ0n) is 26.6. The van der Waals surface area contributed by atoms with E-state index in [1.807, 2.05) is 24.3 Å². The number of sulfone groups is 1. The van der Waals surface area contributed by atoms with Crippen molar-refractivity contribution in [3.05, 3.63) is 75.3 Å². The van der Waals surface area contributed by atoms with Crippen LogP contribution in [-0.2, 0) is 41.3 Å². The van der Waals surface area contributed by atoms with E-state index in [4.69, 9.17) is 16.3 Å². The molecule has 246 valence electrons. The number of aliphatic hydroxyl groups is 1. The van der Waals surface area contributed by atoms with E-state index in [9.17, 15) is 23.1 Å². The Kier molecular flexibility index (Phi) is 9.33. The molecule has 3 heterocycles. The predicted octanol–water partition coefficient (Wildman–Crippen LogP) is 3.91. The van der Waals surface area contributed by atoms with Crippen molar-refractivity contribution in [1.82, 2.24) is 29.5 Å². The molecule has 1 aliphatic rings. The molecule has 0 radical (unpaired) electrons. The Morgan fingerprint density at radius 1 is 1.11 bits per heavy atom. The molecule has 1 fully saturated rings. The molecule has 14 heteroatoms. The third kappa shape index (κ3) is 7.77. The molecule has 2 aromatic carbocycles. The molecule has 0 bridgehead atoms. The molecule has 0 aliphatic carbocycles. The number of ether oxygens (including phenoxy) is 1. The largest absolute Gasteiger partial charge is 0.444 e. The predicted molar refractivity (Wildman–Crippen MR) is 175 cm³/mol. The van der Waals surface area contributed by atoms with Gasteiger partial charge in [0.15, 0.2) is 15.4 Å². The van der Waals surface area contributed by atoms with Crippen LogP contribution in [0.4, 0.5) is 4.79 Å². The number of nitrogens with zero attached hydrogens (tertiary/aromatic N) is 5. The number of halogens is 1. The Labute approximate surface area is 272 Å². The van der Waals surface area contributed by atoms with E-state index in [-0.39, 0.29) is 22.5 Å². The number of alkyl carbamates (subject to hydrolysis) is 1. The van der Waals surface area contributed by atoms with Crippen molar-refractivity contribution in [3.63, 3.8) is 0 Å². The van der Waals surface area contributed by atoms with Crippen LogP contribution in [-0.4, -0.2) is 74.4 Å². The van der Waals surface area contributed by atoms with Crippen molar-refractivity contribution >= 4 is 38.6 Å². The quantitative estimate of drug-likeness (QED) is 0.285. The number of aryl methyl sites for hydroxylation is 1. The monoisotopic (exact) mass is 670 g/mol. The number of nitrogens with one attached hydrogen (secondary N) is 1. The van der Waals surface area contributed by atoms with Gasteiger partial charge in [-0.2, -0.15) is 5.10 Å². The molecule has 4 aromatic rings. The second-order valence-electron chi connectivity index (χ2n) is 12.9. The van der Waals surface area contributed by atoms with Crippen molar-refractivity contribution in [2.45, 2.75) is 69.3 Å². The highest BCUT2D eigenvalue weighted by Crippen LogP contribution is 2.29. The van der Waals surface area contributed by atoms with Gasteiger partial charge in [0.1, 0.15) is 11.1 Å². The summed E-state index contributed by atoms with van der Waals surface area (Å²) in [5, 5.41) is 19.0. The van der Waals surface area contributed by atoms with Crippen LogP contribution in [0, 0.1) is 0 Å². The summed E-state index contributed by atoms with van der Waals surface area (Å²) in [6.07, 6.45) is 2.97. The SMILES string of the molecule is Cn1nc2c(=O)n(CC3(O)CCN(Cc4ccc(S(C)(=O)=O)cc4Cl)CC3)cnc2c1-c1ccc(CNC(=O)OC(C)(C)C)cc1. The highest BCUT2D eigenvalue weighted by Gasteiger charge is 2.34. The first-order valence-electron chi connectivity index (χ1n) is 14.9. The van der Waals surface area contributed by atoms with E-state index < -0.39 is 27.1 Å². The number of hydrogen-bond acceptors (Lipinski definition) is 9. The molecule has 1 aliphatic heterocycles. The standard InChI is InChI=1S/C32H39ClN6O6S/c1-31(2,3)45-30(41)34-17-21-6-8-22(9-7-21)28-26-27(36-37(28)4)29(40)39(20-35-26)19-32(42)12-14-38(15-13-32)18-23-10-11-24(16-25(23)33)46(5,43)44/h6-11,16,20,42H,12-15,17-19H2,1-5H3,(H,34,41). The smallest absolute Gasteiger partial charge is 0.407 e. The second-order valence-corrected chi connectivity index (χ2v) is 15.3. The lowest BCUT2D eigenvalue weighted by Crippen LogP contribution is -2.47. The number of likely N-dealkylation sites (tertiary alicyclic amines) is 1. The lowest BCUT2D eigenvalue weighted by molar-refractivity contribution is -0.0364. The number of carbonyl (C=O) groups is 1. The van der Waals surface area contributed by atoms with Gasteiger partial charge in [0.2, 0.25) is 0 Å². The van der Waals surface area contributed by atoms with E-state index in [1.165, 1.54) is 17.0 Å². The van der Waals surface area contributed by atoms with E-state index in [0.29, 0.717) is 55.3 Å². The molecule has 2 N–H and O–H groups in total. The third-order valence-electron chi connectivity index (χ3n) is 7.97. The molecule has 0 saturated carbocycles. The average Bonchev–Trinajstić information content (AvgIpc) is 3.31. The Morgan fingerprint density at radius 3 is 2.39 bits per heavy atom. The fourth-order valence-electron chi connectivity index (χ4n) is 5.53. The molecule has 0 unspecified atom stereocenters. The van der Waals surface area contributed by atoms with Crippen molar-refractivity contribution < 1.29 is 23.1 Å². The highest BCUT2D eigenvalue weighted by atomic mass is 35.5.